The molecule has 2 aromatic rings. The van der Waals surface area contributed by atoms with Gasteiger partial charge < -0.3 is 10.5 Å². The van der Waals surface area contributed by atoms with E-state index in [1.807, 2.05) is 13.0 Å². The standard InChI is InChI=1S/C14H14N2O3/c1-9-8-12(4-5-13(9)16(17)18)19-14-6-3-11(15)7-10(14)2/h3-8H,15H2,1-2H3. The second kappa shape index (κ2) is 4.97. The van der Waals surface area contributed by atoms with Crippen LogP contribution in [0, 0.1) is 24.0 Å². The first-order chi connectivity index (χ1) is 8.97. The Balaban J connectivity index is 2.29. The summed E-state index contributed by atoms with van der Waals surface area (Å²) in [5.74, 6) is 1.25. The quantitative estimate of drug-likeness (QED) is 0.518. The first-order valence-corrected chi connectivity index (χ1v) is 5.76. The fraction of sp³-hybridized carbons (Fsp3) is 0.143. The Morgan fingerprint density at radius 2 is 1.84 bits per heavy atom. The van der Waals surface area contributed by atoms with Gasteiger partial charge in [0.25, 0.3) is 5.69 Å². The first-order valence-electron chi connectivity index (χ1n) is 5.76. The summed E-state index contributed by atoms with van der Waals surface area (Å²) in [7, 11) is 0. The Morgan fingerprint density at radius 1 is 1.11 bits per heavy atom. The van der Waals surface area contributed by atoms with Gasteiger partial charge in [-0.1, -0.05) is 0 Å². The Kier molecular flexibility index (Phi) is 3.37. The predicted molar refractivity (Wildman–Crippen MR) is 73.5 cm³/mol. The van der Waals surface area contributed by atoms with Crippen LogP contribution in [0.25, 0.3) is 0 Å². The summed E-state index contributed by atoms with van der Waals surface area (Å²) < 4.78 is 5.70. The third-order valence-electron chi connectivity index (χ3n) is 2.79. The molecule has 0 aliphatic heterocycles. The SMILES string of the molecule is Cc1cc(N)ccc1Oc1ccc([N+](=O)[O-])c(C)c1. The molecule has 0 aromatic heterocycles. The first kappa shape index (κ1) is 12.9. The monoisotopic (exact) mass is 258 g/mol. The van der Waals surface area contributed by atoms with E-state index in [-0.39, 0.29) is 5.69 Å². The molecule has 0 unspecified atom stereocenters. The van der Waals surface area contributed by atoms with Crippen LogP contribution in [0.15, 0.2) is 36.4 Å². The number of nitrogens with two attached hydrogens (primary N) is 1. The van der Waals surface area contributed by atoms with E-state index < -0.39 is 4.92 Å². The van der Waals surface area contributed by atoms with Crippen LogP contribution in [0.3, 0.4) is 0 Å². The van der Waals surface area contributed by atoms with Crippen molar-refractivity contribution in [1.82, 2.24) is 0 Å². The Labute approximate surface area is 110 Å². The fourth-order valence-electron chi connectivity index (χ4n) is 1.81. The van der Waals surface area contributed by atoms with E-state index in [0.717, 1.165) is 5.56 Å². The van der Waals surface area contributed by atoms with Crippen molar-refractivity contribution in [3.63, 3.8) is 0 Å². The zero-order valence-corrected chi connectivity index (χ0v) is 10.7. The van der Waals surface area contributed by atoms with Gasteiger partial charge in [-0.2, -0.15) is 0 Å². The third-order valence-corrected chi connectivity index (χ3v) is 2.79. The molecular formula is C14H14N2O3. The third kappa shape index (κ3) is 2.82. The highest BCUT2D eigenvalue weighted by molar-refractivity contribution is 5.50. The minimum absolute atomic E-state index is 0.0846. The number of nitrogens with zero attached hydrogens (tertiary/aromatic N) is 1. The highest BCUT2D eigenvalue weighted by Crippen LogP contribution is 2.29. The lowest BCUT2D eigenvalue weighted by Crippen LogP contribution is -1.94. The topological polar surface area (TPSA) is 78.4 Å². The maximum Gasteiger partial charge on any atom is 0.272 e. The van der Waals surface area contributed by atoms with E-state index in [9.17, 15) is 10.1 Å². The Bertz CT molecular complexity index is 639. The van der Waals surface area contributed by atoms with Gasteiger partial charge in [0.05, 0.1) is 4.92 Å². The van der Waals surface area contributed by atoms with Gasteiger partial charge in [0.1, 0.15) is 11.5 Å². The lowest BCUT2D eigenvalue weighted by atomic mass is 10.2. The average Bonchev–Trinajstić information content (AvgIpc) is 2.32. The molecule has 0 amide bonds. The molecule has 0 bridgehead atoms. The summed E-state index contributed by atoms with van der Waals surface area (Å²) in [6, 6.07) is 10.0. The van der Waals surface area contributed by atoms with Crippen LogP contribution in [0.1, 0.15) is 11.1 Å². The van der Waals surface area contributed by atoms with Crippen LogP contribution in [0.4, 0.5) is 11.4 Å². The van der Waals surface area contributed by atoms with Gasteiger partial charge in [0, 0.05) is 17.3 Å². The maximum absolute atomic E-state index is 10.7. The number of rotatable bonds is 3. The number of anilines is 1. The molecule has 2 rings (SSSR count). The van der Waals surface area contributed by atoms with E-state index in [2.05, 4.69) is 0 Å². The zero-order valence-electron chi connectivity index (χ0n) is 10.7. The van der Waals surface area contributed by atoms with Crippen molar-refractivity contribution in [2.45, 2.75) is 13.8 Å². The number of hydrogen-bond acceptors (Lipinski definition) is 4. The summed E-state index contributed by atoms with van der Waals surface area (Å²) in [4.78, 5) is 10.3. The van der Waals surface area contributed by atoms with Gasteiger partial charge in [0.15, 0.2) is 0 Å². The van der Waals surface area contributed by atoms with Crippen LogP contribution in [0.5, 0.6) is 11.5 Å². The van der Waals surface area contributed by atoms with E-state index in [1.54, 1.807) is 31.2 Å². The molecule has 19 heavy (non-hydrogen) atoms. The molecule has 0 heterocycles. The largest absolute Gasteiger partial charge is 0.457 e. The molecule has 2 N–H and O–H groups in total. The van der Waals surface area contributed by atoms with Crippen LogP contribution >= 0.6 is 0 Å². The van der Waals surface area contributed by atoms with Gasteiger partial charge in [-0.15, -0.1) is 0 Å². The molecule has 0 radical (unpaired) electrons. The number of ether oxygens (including phenoxy) is 1. The van der Waals surface area contributed by atoms with Gasteiger partial charge in [-0.25, -0.2) is 0 Å². The second-order valence-electron chi connectivity index (χ2n) is 4.33. The van der Waals surface area contributed by atoms with E-state index in [4.69, 9.17) is 10.5 Å². The van der Waals surface area contributed by atoms with Crippen molar-refractivity contribution in [2.24, 2.45) is 0 Å². The van der Waals surface area contributed by atoms with E-state index >= 15 is 0 Å². The van der Waals surface area contributed by atoms with Gasteiger partial charge in [-0.3, -0.25) is 10.1 Å². The number of aryl methyl sites for hydroxylation is 2. The summed E-state index contributed by atoms with van der Waals surface area (Å²) in [5.41, 5.74) is 7.90. The molecule has 5 heteroatoms. The van der Waals surface area contributed by atoms with Crippen molar-refractivity contribution in [3.8, 4) is 11.5 Å². The molecule has 0 aliphatic rings. The molecule has 0 aliphatic carbocycles. The molecule has 2 aromatic carbocycles. The van der Waals surface area contributed by atoms with Gasteiger partial charge in [0.2, 0.25) is 0 Å². The lowest BCUT2D eigenvalue weighted by molar-refractivity contribution is -0.385. The molecule has 0 saturated carbocycles. The highest BCUT2D eigenvalue weighted by Gasteiger charge is 2.11. The Hall–Kier alpha value is -2.56. The second-order valence-corrected chi connectivity index (χ2v) is 4.33. The number of nitrogen functional groups attached to an aromatic ring is 1. The predicted octanol–water partition coefficient (Wildman–Crippen LogP) is 3.59. The van der Waals surface area contributed by atoms with Crippen molar-refractivity contribution < 1.29 is 9.66 Å². The molecule has 98 valence electrons. The molecular weight excluding hydrogens is 244 g/mol. The summed E-state index contributed by atoms with van der Waals surface area (Å²) in [5, 5.41) is 10.7. The maximum atomic E-state index is 10.7. The highest BCUT2D eigenvalue weighted by atomic mass is 16.6. The van der Waals surface area contributed by atoms with Crippen molar-refractivity contribution >= 4 is 11.4 Å². The lowest BCUT2D eigenvalue weighted by Gasteiger charge is -2.09. The smallest absolute Gasteiger partial charge is 0.272 e. The molecule has 5 nitrogen and oxygen atoms in total. The zero-order chi connectivity index (χ0) is 14.0. The molecule has 0 atom stereocenters. The van der Waals surface area contributed by atoms with Crippen molar-refractivity contribution in [2.75, 3.05) is 5.73 Å². The number of benzene rings is 2. The van der Waals surface area contributed by atoms with Crippen LogP contribution in [0.2, 0.25) is 0 Å². The number of nitro groups is 1. The van der Waals surface area contributed by atoms with Crippen molar-refractivity contribution in [1.29, 1.82) is 0 Å². The van der Waals surface area contributed by atoms with E-state index in [1.165, 1.54) is 6.07 Å². The van der Waals surface area contributed by atoms with E-state index in [0.29, 0.717) is 22.7 Å². The van der Waals surface area contributed by atoms with Crippen LogP contribution in [-0.2, 0) is 0 Å². The summed E-state index contributed by atoms with van der Waals surface area (Å²) >= 11 is 0. The molecule has 0 saturated heterocycles. The normalized spacial score (nSPS) is 10.2. The van der Waals surface area contributed by atoms with Crippen LogP contribution < -0.4 is 10.5 Å². The molecule has 0 fully saturated rings. The summed E-state index contributed by atoms with van der Waals surface area (Å²) in [6.45, 7) is 3.57. The van der Waals surface area contributed by atoms with Gasteiger partial charge >= 0.3 is 0 Å². The Morgan fingerprint density at radius 3 is 2.42 bits per heavy atom. The number of hydrogen-bond donors (Lipinski definition) is 1. The molecule has 0 spiro atoms. The number of nitro benzene ring substituents is 1. The minimum Gasteiger partial charge on any atom is -0.457 e. The average molecular weight is 258 g/mol. The van der Waals surface area contributed by atoms with Crippen LogP contribution in [-0.4, -0.2) is 4.92 Å². The van der Waals surface area contributed by atoms with Gasteiger partial charge in [-0.05, 0) is 49.7 Å². The fourth-order valence-corrected chi connectivity index (χ4v) is 1.81. The minimum atomic E-state index is -0.409. The van der Waals surface area contributed by atoms with Crippen molar-refractivity contribution in [3.05, 3.63) is 57.6 Å². The summed E-state index contributed by atoms with van der Waals surface area (Å²) in [6.07, 6.45) is 0.